The lowest BCUT2D eigenvalue weighted by atomic mass is 9.95. The number of carbonyl (C=O) groups is 2. The maximum atomic E-state index is 14.2. The first-order chi connectivity index (χ1) is 21.0. The Morgan fingerprint density at radius 1 is 0.977 bits per heavy atom. The van der Waals surface area contributed by atoms with E-state index < -0.39 is 28.5 Å². The number of nitrogens with one attached hydrogen (secondary N) is 1. The molecule has 4 rings (SSSR count). The SMILES string of the molecule is CCOc1ccc(S(=O)(=O)N(CC(=O)N(Cc2ccc(Cl)cc2Cl)C(C)C(=O)NC2CCCCC2)c2ccc(C)cc2)cc1. The maximum Gasteiger partial charge on any atom is 0.264 e. The van der Waals surface area contributed by atoms with Gasteiger partial charge in [-0.1, -0.05) is 66.2 Å². The molecule has 1 unspecified atom stereocenters. The van der Waals surface area contributed by atoms with Crippen LogP contribution in [0, 0.1) is 6.92 Å². The average molecular weight is 661 g/mol. The van der Waals surface area contributed by atoms with Gasteiger partial charge in [0, 0.05) is 22.6 Å². The van der Waals surface area contributed by atoms with E-state index in [0.717, 1.165) is 42.0 Å². The smallest absolute Gasteiger partial charge is 0.264 e. The van der Waals surface area contributed by atoms with Crippen LogP contribution in [-0.4, -0.2) is 50.4 Å². The van der Waals surface area contributed by atoms with Crippen LogP contribution in [0.5, 0.6) is 5.75 Å². The molecule has 44 heavy (non-hydrogen) atoms. The molecule has 0 saturated heterocycles. The van der Waals surface area contributed by atoms with Gasteiger partial charge in [-0.3, -0.25) is 13.9 Å². The summed E-state index contributed by atoms with van der Waals surface area (Å²) in [6.45, 7) is 5.27. The average Bonchev–Trinajstić information content (AvgIpc) is 3.00. The van der Waals surface area contributed by atoms with Gasteiger partial charge < -0.3 is 15.0 Å². The molecular weight excluding hydrogens is 621 g/mol. The number of sulfonamides is 1. The largest absolute Gasteiger partial charge is 0.494 e. The zero-order valence-electron chi connectivity index (χ0n) is 25.3. The van der Waals surface area contributed by atoms with Crippen molar-refractivity contribution < 1.29 is 22.7 Å². The Morgan fingerprint density at radius 2 is 1.64 bits per heavy atom. The molecule has 0 spiro atoms. The van der Waals surface area contributed by atoms with Gasteiger partial charge >= 0.3 is 0 Å². The molecule has 0 bridgehead atoms. The summed E-state index contributed by atoms with van der Waals surface area (Å²) in [6, 6.07) is 17.0. The highest BCUT2D eigenvalue weighted by Gasteiger charge is 2.33. The zero-order chi connectivity index (χ0) is 31.9. The number of benzene rings is 3. The molecule has 1 aliphatic carbocycles. The molecule has 8 nitrogen and oxygen atoms in total. The third kappa shape index (κ3) is 8.46. The lowest BCUT2D eigenvalue weighted by Gasteiger charge is -2.33. The third-order valence-electron chi connectivity index (χ3n) is 7.80. The summed E-state index contributed by atoms with van der Waals surface area (Å²) in [7, 11) is -4.20. The molecule has 236 valence electrons. The summed E-state index contributed by atoms with van der Waals surface area (Å²) in [6.07, 6.45) is 4.99. The van der Waals surface area contributed by atoms with Crippen molar-refractivity contribution in [2.24, 2.45) is 0 Å². The minimum absolute atomic E-state index is 0.00436. The van der Waals surface area contributed by atoms with Gasteiger partial charge in [0.05, 0.1) is 17.2 Å². The van der Waals surface area contributed by atoms with Gasteiger partial charge in [-0.25, -0.2) is 8.42 Å². The highest BCUT2D eigenvalue weighted by Crippen LogP contribution is 2.28. The molecule has 1 aliphatic rings. The molecule has 0 aromatic heterocycles. The second-order valence-electron chi connectivity index (χ2n) is 11.0. The third-order valence-corrected chi connectivity index (χ3v) is 10.2. The molecule has 3 aromatic rings. The Morgan fingerprint density at radius 3 is 2.25 bits per heavy atom. The van der Waals surface area contributed by atoms with E-state index >= 15 is 0 Å². The van der Waals surface area contributed by atoms with Crippen LogP contribution in [0.3, 0.4) is 0 Å². The maximum absolute atomic E-state index is 14.2. The lowest BCUT2D eigenvalue weighted by molar-refractivity contribution is -0.139. The Labute approximate surface area is 270 Å². The number of halogens is 2. The Balaban J connectivity index is 1.68. The molecule has 0 heterocycles. The van der Waals surface area contributed by atoms with E-state index in [-0.39, 0.29) is 23.4 Å². The van der Waals surface area contributed by atoms with Gasteiger partial charge in [0.15, 0.2) is 0 Å². The van der Waals surface area contributed by atoms with Crippen molar-refractivity contribution in [2.75, 3.05) is 17.5 Å². The lowest BCUT2D eigenvalue weighted by Crippen LogP contribution is -2.53. The fourth-order valence-corrected chi connectivity index (χ4v) is 7.11. The van der Waals surface area contributed by atoms with Crippen LogP contribution in [0.4, 0.5) is 5.69 Å². The van der Waals surface area contributed by atoms with Gasteiger partial charge in [-0.15, -0.1) is 0 Å². The van der Waals surface area contributed by atoms with Crippen molar-refractivity contribution in [1.82, 2.24) is 10.2 Å². The van der Waals surface area contributed by atoms with Gasteiger partial charge in [-0.2, -0.15) is 0 Å². The van der Waals surface area contributed by atoms with Crippen LogP contribution in [0.25, 0.3) is 0 Å². The summed E-state index contributed by atoms with van der Waals surface area (Å²) in [5.74, 6) is -0.322. The summed E-state index contributed by atoms with van der Waals surface area (Å²) < 4.78 is 34.7. The van der Waals surface area contributed by atoms with Gasteiger partial charge in [-0.05, 0) is 87.7 Å². The molecule has 3 aromatic carbocycles. The van der Waals surface area contributed by atoms with Gasteiger partial charge in [0.25, 0.3) is 10.0 Å². The van der Waals surface area contributed by atoms with Crippen molar-refractivity contribution >= 4 is 50.7 Å². The van der Waals surface area contributed by atoms with Crippen LogP contribution in [0.15, 0.2) is 71.6 Å². The summed E-state index contributed by atoms with van der Waals surface area (Å²) >= 11 is 12.6. The van der Waals surface area contributed by atoms with E-state index in [1.54, 1.807) is 61.5 Å². The Kier molecular flexibility index (Phi) is 11.6. The number of hydrogen-bond acceptors (Lipinski definition) is 5. The van der Waals surface area contributed by atoms with Crippen LogP contribution in [0.1, 0.15) is 57.1 Å². The molecule has 2 amide bonds. The number of carbonyl (C=O) groups excluding carboxylic acids is 2. The van der Waals surface area contributed by atoms with Gasteiger partial charge in [0.2, 0.25) is 11.8 Å². The van der Waals surface area contributed by atoms with Crippen molar-refractivity contribution in [3.05, 3.63) is 87.9 Å². The van der Waals surface area contributed by atoms with Crippen molar-refractivity contribution in [1.29, 1.82) is 0 Å². The van der Waals surface area contributed by atoms with Crippen molar-refractivity contribution in [2.45, 2.75) is 76.4 Å². The van der Waals surface area contributed by atoms with E-state index in [1.165, 1.54) is 17.0 Å². The van der Waals surface area contributed by atoms with Crippen LogP contribution in [0.2, 0.25) is 10.0 Å². The van der Waals surface area contributed by atoms with Gasteiger partial charge in [0.1, 0.15) is 18.3 Å². The first-order valence-corrected chi connectivity index (χ1v) is 17.0. The normalized spacial score (nSPS) is 14.5. The first-order valence-electron chi connectivity index (χ1n) is 14.9. The van der Waals surface area contributed by atoms with Crippen molar-refractivity contribution in [3.63, 3.8) is 0 Å². The number of anilines is 1. The number of aryl methyl sites for hydroxylation is 1. The highest BCUT2D eigenvalue weighted by atomic mass is 35.5. The molecule has 0 aliphatic heterocycles. The molecule has 1 fully saturated rings. The first kappa shape index (κ1) is 33.6. The standard InChI is InChI=1S/C33H39Cl2N3O5S/c1-4-43-29-16-18-30(19-17-29)44(41,42)38(28-14-10-23(2)11-15-28)22-32(39)37(21-25-12-13-26(34)20-31(25)35)24(3)33(40)36-27-8-6-5-7-9-27/h10-20,24,27H,4-9,21-22H2,1-3H3,(H,36,40). The minimum atomic E-state index is -4.20. The number of amides is 2. The minimum Gasteiger partial charge on any atom is -0.494 e. The van der Waals surface area contributed by atoms with Crippen LogP contribution >= 0.6 is 23.2 Å². The Bertz CT molecular complexity index is 1540. The molecular formula is C33H39Cl2N3O5S. The number of nitrogens with zero attached hydrogens (tertiary/aromatic N) is 2. The second kappa shape index (κ2) is 15.1. The van der Waals surface area contributed by atoms with E-state index in [1.807, 2.05) is 13.8 Å². The monoisotopic (exact) mass is 659 g/mol. The quantitative estimate of drug-likeness (QED) is 0.232. The van der Waals surface area contributed by atoms with Crippen LogP contribution in [-0.2, 0) is 26.2 Å². The summed E-state index contributed by atoms with van der Waals surface area (Å²) in [4.78, 5) is 29.0. The topological polar surface area (TPSA) is 96.0 Å². The van der Waals surface area contributed by atoms with Crippen LogP contribution < -0.4 is 14.4 Å². The van der Waals surface area contributed by atoms with E-state index in [0.29, 0.717) is 33.7 Å². The number of hydrogen-bond donors (Lipinski definition) is 1. The van der Waals surface area contributed by atoms with Crippen molar-refractivity contribution in [3.8, 4) is 5.75 Å². The molecule has 1 saturated carbocycles. The summed E-state index contributed by atoms with van der Waals surface area (Å²) in [5, 5.41) is 3.87. The molecule has 11 heteroatoms. The zero-order valence-corrected chi connectivity index (χ0v) is 27.6. The predicted molar refractivity (Wildman–Crippen MR) is 175 cm³/mol. The van der Waals surface area contributed by atoms with E-state index in [2.05, 4.69) is 5.32 Å². The fourth-order valence-electron chi connectivity index (χ4n) is 5.23. The van der Waals surface area contributed by atoms with E-state index in [9.17, 15) is 18.0 Å². The highest BCUT2D eigenvalue weighted by molar-refractivity contribution is 7.92. The summed E-state index contributed by atoms with van der Waals surface area (Å²) in [5.41, 5.74) is 1.84. The number of rotatable bonds is 12. The van der Waals surface area contributed by atoms with E-state index in [4.69, 9.17) is 27.9 Å². The second-order valence-corrected chi connectivity index (χ2v) is 13.7. The molecule has 1 N–H and O–H groups in total. The Hall–Kier alpha value is -3.27. The fraction of sp³-hybridized carbons (Fsp3) is 0.394. The molecule has 0 radical (unpaired) electrons. The number of ether oxygens (including phenoxy) is 1. The molecule has 1 atom stereocenters. The predicted octanol–water partition coefficient (Wildman–Crippen LogP) is 6.76.